The second kappa shape index (κ2) is 10.4. The molecular weight excluding hydrogens is 462 g/mol. The van der Waals surface area contributed by atoms with Crippen LogP contribution in [0.2, 0.25) is 0 Å². The lowest BCUT2D eigenvalue weighted by atomic mass is 10.0. The molecule has 0 amide bonds. The van der Waals surface area contributed by atoms with Crippen molar-refractivity contribution in [2.75, 3.05) is 7.11 Å². The lowest BCUT2D eigenvalue weighted by Crippen LogP contribution is -2.38. The molecule has 1 heterocycles. The zero-order valence-corrected chi connectivity index (χ0v) is 20.1. The molecule has 0 radical (unpaired) electrons. The summed E-state index contributed by atoms with van der Waals surface area (Å²) in [5.41, 5.74) is 0.622. The molecule has 0 aliphatic carbocycles. The van der Waals surface area contributed by atoms with Crippen LogP contribution in [0.1, 0.15) is 35.5 Å². The smallest absolute Gasteiger partial charge is 0.347 e. The number of ketones is 1. The summed E-state index contributed by atoms with van der Waals surface area (Å²) in [6.45, 7) is 3.02. The summed E-state index contributed by atoms with van der Waals surface area (Å²) < 4.78 is 22.1. The van der Waals surface area contributed by atoms with Gasteiger partial charge in [-0.05, 0) is 50.2 Å². The number of ether oxygens (including phenoxy) is 3. The lowest BCUT2D eigenvalue weighted by Gasteiger charge is -2.23. The molecule has 0 saturated heterocycles. The maximum atomic E-state index is 13.2. The average Bonchev–Trinajstić information content (AvgIpc) is 3.37. The number of benzene rings is 3. The Morgan fingerprint density at radius 1 is 0.944 bits per heavy atom. The number of carboxylic acid groups (broad SMARTS) is 1. The number of hydrogen-bond acceptors (Lipinski definition) is 7. The SMILES string of the molecule is COc1ccc(C(=O)c2ccc(OCc3cc(-c4ccccc4)on3)cc2)c(OC(C)(C)C(=O)O)c1. The highest BCUT2D eigenvalue weighted by molar-refractivity contribution is 6.11. The van der Waals surface area contributed by atoms with Gasteiger partial charge in [-0.15, -0.1) is 0 Å². The second-order valence-corrected chi connectivity index (χ2v) is 8.47. The van der Waals surface area contributed by atoms with Crippen LogP contribution in [0.15, 0.2) is 83.4 Å². The molecule has 184 valence electrons. The first-order valence-electron chi connectivity index (χ1n) is 11.2. The monoisotopic (exact) mass is 487 g/mol. The number of rotatable bonds is 10. The number of carboxylic acids is 1. The van der Waals surface area contributed by atoms with E-state index in [0.29, 0.717) is 28.5 Å². The van der Waals surface area contributed by atoms with Crippen LogP contribution in [0.4, 0.5) is 0 Å². The molecule has 4 rings (SSSR count). The molecule has 0 saturated carbocycles. The number of nitrogens with zero attached hydrogens (tertiary/aromatic N) is 1. The Balaban J connectivity index is 1.47. The summed E-state index contributed by atoms with van der Waals surface area (Å²) in [5.74, 6) is 0.271. The van der Waals surface area contributed by atoms with E-state index in [1.807, 2.05) is 36.4 Å². The normalized spacial score (nSPS) is 11.1. The minimum atomic E-state index is -1.54. The van der Waals surface area contributed by atoms with Gasteiger partial charge in [0, 0.05) is 23.3 Å². The maximum Gasteiger partial charge on any atom is 0.347 e. The molecule has 0 fully saturated rings. The van der Waals surface area contributed by atoms with Gasteiger partial charge in [0.25, 0.3) is 0 Å². The van der Waals surface area contributed by atoms with Crippen molar-refractivity contribution in [1.82, 2.24) is 5.16 Å². The molecule has 1 N–H and O–H groups in total. The van der Waals surface area contributed by atoms with Crippen molar-refractivity contribution in [3.8, 4) is 28.6 Å². The summed E-state index contributed by atoms with van der Waals surface area (Å²) in [7, 11) is 1.48. The second-order valence-electron chi connectivity index (χ2n) is 8.47. The highest BCUT2D eigenvalue weighted by atomic mass is 16.5. The first-order valence-corrected chi connectivity index (χ1v) is 11.2. The Morgan fingerprint density at radius 2 is 1.64 bits per heavy atom. The van der Waals surface area contributed by atoms with Crippen molar-refractivity contribution in [1.29, 1.82) is 0 Å². The van der Waals surface area contributed by atoms with Gasteiger partial charge in [0.2, 0.25) is 0 Å². The predicted molar refractivity (Wildman–Crippen MR) is 131 cm³/mol. The molecular formula is C28H25NO7. The Bertz CT molecular complexity index is 1360. The summed E-state index contributed by atoms with van der Waals surface area (Å²) in [6, 6.07) is 22.7. The van der Waals surface area contributed by atoms with Crippen LogP contribution < -0.4 is 14.2 Å². The Kier molecular flexibility index (Phi) is 7.05. The standard InChI is InChI=1S/C28H25NO7/c1-28(2,27(31)32)35-25-16-22(33-3)13-14-23(25)26(30)19-9-11-21(12-10-19)34-17-20-15-24(36-29-20)18-7-5-4-6-8-18/h4-16H,17H2,1-3H3,(H,31,32). The lowest BCUT2D eigenvalue weighted by molar-refractivity contribution is -0.152. The zero-order valence-electron chi connectivity index (χ0n) is 20.1. The maximum absolute atomic E-state index is 13.2. The van der Waals surface area contributed by atoms with Crippen LogP contribution in [0.5, 0.6) is 17.2 Å². The topological polar surface area (TPSA) is 108 Å². The third kappa shape index (κ3) is 5.55. The summed E-state index contributed by atoms with van der Waals surface area (Å²) in [4.78, 5) is 24.8. The van der Waals surface area contributed by atoms with E-state index >= 15 is 0 Å². The highest BCUT2D eigenvalue weighted by Crippen LogP contribution is 2.31. The van der Waals surface area contributed by atoms with Gasteiger partial charge in [0.15, 0.2) is 17.1 Å². The average molecular weight is 488 g/mol. The number of carbonyl (C=O) groups is 2. The number of methoxy groups -OCH3 is 1. The minimum absolute atomic E-state index is 0.118. The Morgan fingerprint density at radius 3 is 2.31 bits per heavy atom. The Hall–Kier alpha value is -4.59. The molecule has 36 heavy (non-hydrogen) atoms. The molecule has 4 aromatic rings. The minimum Gasteiger partial charge on any atom is -0.497 e. The van der Waals surface area contributed by atoms with Crippen LogP contribution in [0.25, 0.3) is 11.3 Å². The summed E-state index contributed by atoms with van der Waals surface area (Å²) in [5, 5.41) is 13.5. The van der Waals surface area contributed by atoms with Crippen molar-refractivity contribution in [2.24, 2.45) is 0 Å². The van der Waals surface area contributed by atoms with Gasteiger partial charge < -0.3 is 23.8 Å². The predicted octanol–water partition coefficient (Wildman–Crippen LogP) is 5.40. The molecule has 0 unspecified atom stereocenters. The molecule has 0 spiro atoms. The fourth-order valence-electron chi connectivity index (χ4n) is 3.35. The van der Waals surface area contributed by atoms with E-state index in [9.17, 15) is 14.7 Å². The first-order chi connectivity index (χ1) is 17.3. The van der Waals surface area contributed by atoms with Crippen molar-refractivity contribution < 1.29 is 33.4 Å². The van der Waals surface area contributed by atoms with Gasteiger partial charge in [0.1, 0.15) is 29.5 Å². The molecule has 0 aliphatic rings. The van der Waals surface area contributed by atoms with Gasteiger partial charge in [-0.25, -0.2) is 4.79 Å². The largest absolute Gasteiger partial charge is 0.497 e. The molecule has 8 heteroatoms. The van der Waals surface area contributed by atoms with Crippen molar-refractivity contribution in [3.63, 3.8) is 0 Å². The van der Waals surface area contributed by atoms with E-state index in [2.05, 4.69) is 5.16 Å². The zero-order chi connectivity index (χ0) is 25.7. The van der Waals surface area contributed by atoms with Crippen molar-refractivity contribution >= 4 is 11.8 Å². The molecule has 0 aliphatic heterocycles. The summed E-state index contributed by atoms with van der Waals surface area (Å²) >= 11 is 0. The first kappa shape index (κ1) is 24.5. The molecule has 0 atom stereocenters. The van der Waals surface area contributed by atoms with E-state index in [1.165, 1.54) is 27.0 Å². The van der Waals surface area contributed by atoms with Crippen LogP contribution in [-0.4, -0.2) is 34.7 Å². The summed E-state index contributed by atoms with van der Waals surface area (Å²) in [6.07, 6.45) is 0. The van der Waals surface area contributed by atoms with Gasteiger partial charge in [0.05, 0.1) is 12.7 Å². The van der Waals surface area contributed by atoms with Crippen LogP contribution in [0, 0.1) is 0 Å². The van der Waals surface area contributed by atoms with Crippen LogP contribution in [0.3, 0.4) is 0 Å². The van der Waals surface area contributed by atoms with E-state index in [-0.39, 0.29) is 23.7 Å². The molecule has 3 aromatic carbocycles. The van der Waals surface area contributed by atoms with Gasteiger partial charge in [-0.3, -0.25) is 4.79 Å². The Labute approximate surface area is 208 Å². The van der Waals surface area contributed by atoms with E-state index in [4.69, 9.17) is 18.7 Å². The van der Waals surface area contributed by atoms with Crippen LogP contribution in [-0.2, 0) is 11.4 Å². The van der Waals surface area contributed by atoms with Crippen LogP contribution >= 0.6 is 0 Å². The fraction of sp³-hybridized carbons (Fsp3) is 0.179. The third-order valence-electron chi connectivity index (χ3n) is 5.43. The highest BCUT2D eigenvalue weighted by Gasteiger charge is 2.31. The number of aliphatic carboxylic acids is 1. The number of hydrogen-bond donors (Lipinski definition) is 1. The molecule has 1 aromatic heterocycles. The number of aromatic nitrogens is 1. The quantitative estimate of drug-likeness (QED) is 0.296. The van der Waals surface area contributed by atoms with E-state index in [0.717, 1.165) is 5.56 Å². The fourth-order valence-corrected chi connectivity index (χ4v) is 3.35. The third-order valence-corrected chi connectivity index (χ3v) is 5.43. The van der Waals surface area contributed by atoms with Gasteiger partial charge in [-0.2, -0.15) is 0 Å². The molecule has 0 bridgehead atoms. The van der Waals surface area contributed by atoms with Gasteiger partial charge in [-0.1, -0.05) is 35.5 Å². The van der Waals surface area contributed by atoms with Crippen molar-refractivity contribution in [2.45, 2.75) is 26.1 Å². The van der Waals surface area contributed by atoms with E-state index in [1.54, 1.807) is 36.4 Å². The molecule has 8 nitrogen and oxygen atoms in total. The van der Waals surface area contributed by atoms with Crippen molar-refractivity contribution in [3.05, 3.63) is 95.7 Å². The van der Waals surface area contributed by atoms with E-state index < -0.39 is 11.6 Å². The van der Waals surface area contributed by atoms with Gasteiger partial charge >= 0.3 is 5.97 Å². The number of carbonyl (C=O) groups excluding carboxylic acids is 1.